The van der Waals surface area contributed by atoms with Gasteiger partial charge in [0.1, 0.15) is 0 Å². The van der Waals surface area contributed by atoms with Crippen molar-refractivity contribution in [1.29, 1.82) is 5.41 Å². The number of nitrogens with zero attached hydrogens (tertiary/aromatic N) is 2. The minimum atomic E-state index is 0.384. The summed E-state index contributed by atoms with van der Waals surface area (Å²) in [6, 6.07) is 4.44. The fourth-order valence-corrected chi connectivity index (χ4v) is 3.06. The summed E-state index contributed by atoms with van der Waals surface area (Å²) < 4.78 is 0. The molecular formula is C19H29N3. The van der Waals surface area contributed by atoms with E-state index >= 15 is 0 Å². The Morgan fingerprint density at radius 2 is 2.09 bits per heavy atom. The first kappa shape index (κ1) is 16.9. The van der Waals surface area contributed by atoms with E-state index in [1.54, 1.807) is 0 Å². The molecule has 1 atom stereocenters. The van der Waals surface area contributed by atoms with E-state index in [0.29, 0.717) is 5.92 Å². The maximum Gasteiger partial charge on any atom is 0.0887 e. The van der Waals surface area contributed by atoms with E-state index < -0.39 is 0 Å². The molecule has 1 aromatic rings. The predicted molar refractivity (Wildman–Crippen MR) is 93.6 cm³/mol. The molecule has 0 saturated heterocycles. The Labute approximate surface area is 134 Å². The Bertz CT molecular complexity index is 546. The summed E-state index contributed by atoms with van der Waals surface area (Å²) >= 11 is 0. The lowest BCUT2D eigenvalue weighted by molar-refractivity contribution is 0.655. The van der Waals surface area contributed by atoms with Gasteiger partial charge in [-0.25, -0.2) is 0 Å². The van der Waals surface area contributed by atoms with Gasteiger partial charge in [-0.1, -0.05) is 32.8 Å². The summed E-state index contributed by atoms with van der Waals surface area (Å²) in [7, 11) is 0. The number of hydrogen-bond acceptors (Lipinski definition) is 3. The summed E-state index contributed by atoms with van der Waals surface area (Å²) in [4.78, 5) is 0. The third-order valence-electron chi connectivity index (χ3n) is 4.62. The molecule has 1 aliphatic rings. The summed E-state index contributed by atoms with van der Waals surface area (Å²) in [6.07, 6.45) is 7.69. The maximum atomic E-state index is 8.34. The SMILES string of the molecule is CCCC(C)C(=N)Cc1cc2c(cc1C)N=NCCCCC2. The molecule has 2 rings (SSSR count). The molecule has 0 aliphatic carbocycles. The molecule has 1 heterocycles. The summed E-state index contributed by atoms with van der Waals surface area (Å²) in [5.74, 6) is 0.384. The Hall–Kier alpha value is -1.51. The van der Waals surface area contributed by atoms with E-state index in [9.17, 15) is 0 Å². The van der Waals surface area contributed by atoms with Gasteiger partial charge in [0.2, 0.25) is 0 Å². The molecule has 1 unspecified atom stereocenters. The first-order valence-corrected chi connectivity index (χ1v) is 8.69. The van der Waals surface area contributed by atoms with Gasteiger partial charge in [-0.05, 0) is 61.3 Å². The van der Waals surface area contributed by atoms with E-state index in [1.807, 2.05) is 0 Å². The highest BCUT2D eigenvalue weighted by atomic mass is 15.1. The molecule has 3 heteroatoms. The van der Waals surface area contributed by atoms with Gasteiger partial charge >= 0.3 is 0 Å². The number of rotatable bonds is 5. The van der Waals surface area contributed by atoms with Gasteiger partial charge in [0.25, 0.3) is 0 Å². The fraction of sp³-hybridized carbons (Fsp3) is 0.632. The van der Waals surface area contributed by atoms with Crippen LogP contribution in [0.15, 0.2) is 22.4 Å². The molecular weight excluding hydrogens is 270 g/mol. The predicted octanol–water partition coefficient (Wildman–Crippen LogP) is 5.80. The molecule has 0 radical (unpaired) electrons. The quantitative estimate of drug-likeness (QED) is 0.668. The van der Waals surface area contributed by atoms with Crippen LogP contribution >= 0.6 is 0 Å². The Morgan fingerprint density at radius 3 is 2.86 bits per heavy atom. The maximum absolute atomic E-state index is 8.34. The van der Waals surface area contributed by atoms with Crippen molar-refractivity contribution in [3.05, 3.63) is 28.8 Å². The number of fused-ring (bicyclic) bond motifs is 1. The van der Waals surface area contributed by atoms with Crippen molar-refractivity contribution in [2.75, 3.05) is 6.54 Å². The second kappa shape index (κ2) is 8.21. The van der Waals surface area contributed by atoms with E-state index in [-0.39, 0.29) is 0 Å². The fourth-order valence-electron chi connectivity index (χ4n) is 3.06. The van der Waals surface area contributed by atoms with E-state index in [1.165, 1.54) is 29.5 Å². The van der Waals surface area contributed by atoms with Crippen LogP contribution in [-0.4, -0.2) is 12.3 Å². The average molecular weight is 299 g/mol. The molecule has 0 spiro atoms. The highest BCUT2D eigenvalue weighted by Crippen LogP contribution is 2.28. The molecule has 0 fully saturated rings. The third-order valence-corrected chi connectivity index (χ3v) is 4.62. The van der Waals surface area contributed by atoms with Gasteiger partial charge in [-0.3, -0.25) is 0 Å². The molecule has 1 aliphatic heterocycles. The summed E-state index contributed by atoms with van der Waals surface area (Å²) in [5, 5.41) is 17.1. The minimum Gasteiger partial charge on any atom is -0.309 e. The molecule has 120 valence electrons. The molecule has 0 saturated carbocycles. The number of aryl methyl sites for hydroxylation is 2. The van der Waals surface area contributed by atoms with E-state index in [0.717, 1.165) is 50.0 Å². The zero-order chi connectivity index (χ0) is 15.9. The molecule has 0 bridgehead atoms. The standard InChI is InChI=1S/C19H29N3/c1-4-8-14(2)18(20)13-17-12-16-9-6-5-7-10-21-22-19(16)11-15(17)3/h11-12,14,20H,4-10,13H2,1-3H3. The van der Waals surface area contributed by atoms with Crippen LogP contribution in [0.4, 0.5) is 5.69 Å². The van der Waals surface area contributed by atoms with Crippen LogP contribution in [0.5, 0.6) is 0 Å². The highest BCUT2D eigenvalue weighted by Gasteiger charge is 2.13. The normalized spacial score (nSPS) is 16.3. The topological polar surface area (TPSA) is 48.6 Å². The summed E-state index contributed by atoms with van der Waals surface area (Å²) in [6.45, 7) is 7.34. The molecule has 0 aromatic heterocycles. The van der Waals surface area contributed by atoms with E-state index in [4.69, 9.17) is 5.41 Å². The van der Waals surface area contributed by atoms with Crippen LogP contribution in [0.25, 0.3) is 0 Å². The van der Waals surface area contributed by atoms with Crippen LogP contribution in [-0.2, 0) is 12.8 Å². The lowest BCUT2D eigenvalue weighted by Gasteiger charge is -2.15. The second-order valence-corrected chi connectivity index (χ2v) is 6.57. The monoisotopic (exact) mass is 299 g/mol. The second-order valence-electron chi connectivity index (χ2n) is 6.57. The molecule has 0 amide bonds. The Morgan fingerprint density at radius 1 is 1.27 bits per heavy atom. The van der Waals surface area contributed by atoms with Crippen molar-refractivity contribution < 1.29 is 0 Å². The number of azo groups is 1. The van der Waals surface area contributed by atoms with Crippen LogP contribution < -0.4 is 0 Å². The van der Waals surface area contributed by atoms with Gasteiger partial charge in [0, 0.05) is 12.1 Å². The smallest absolute Gasteiger partial charge is 0.0887 e. The van der Waals surface area contributed by atoms with Crippen molar-refractivity contribution in [1.82, 2.24) is 0 Å². The number of nitrogens with one attached hydrogen (secondary N) is 1. The Kier molecular flexibility index (Phi) is 6.29. The van der Waals surface area contributed by atoms with Crippen LogP contribution in [0.1, 0.15) is 62.6 Å². The van der Waals surface area contributed by atoms with Crippen molar-refractivity contribution >= 4 is 11.4 Å². The first-order valence-electron chi connectivity index (χ1n) is 8.69. The first-order chi connectivity index (χ1) is 10.6. The van der Waals surface area contributed by atoms with E-state index in [2.05, 4.69) is 43.1 Å². The highest BCUT2D eigenvalue weighted by molar-refractivity contribution is 5.86. The average Bonchev–Trinajstić information content (AvgIpc) is 2.60. The van der Waals surface area contributed by atoms with Gasteiger partial charge in [-0.15, -0.1) is 0 Å². The van der Waals surface area contributed by atoms with Crippen molar-refractivity contribution in [2.24, 2.45) is 16.1 Å². The van der Waals surface area contributed by atoms with Crippen LogP contribution in [0, 0.1) is 18.3 Å². The number of hydrogen-bond donors (Lipinski definition) is 1. The zero-order valence-corrected chi connectivity index (χ0v) is 14.3. The van der Waals surface area contributed by atoms with Gasteiger partial charge in [0.05, 0.1) is 12.2 Å². The molecule has 3 nitrogen and oxygen atoms in total. The van der Waals surface area contributed by atoms with Crippen molar-refractivity contribution in [2.45, 2.75) is 65.7 Å². The van der Waals surface area contributed by atoms with Gasteiger partial charge < -0.3 is 5.41 Å². The molecule has 1 N–H and O–H groups in total. The number of benzene rings is 1. The molecule has 22 heavy (non-hydrogen) atoms. The molecule has 1 aromatic carbocycles. The van der Waals surface area contributed by atoms with Gasteiger partial charge in [-0.2, -0.15) is 10.2 Å². The zero-order valence-electron chi connectivity index (χ0n) is 14.3. The lowest BCUT2D eigenvalue weighted by atomic mass is 9.91. The third kappa shape index (κ3) is 4.49. The van der Waals surface area contributed by atoms with Crippen molar-refractivity contribution in [3.8, 4) is 0 Å². The summed E-state index contributed by atoms with van der Waals surface area (Å²) in [5.41, 5.74) is 5.74. The lowest BCUT2D eigenvalue weighted by Crippen LogP contribution is -2.13. The largest absolute Gasteiger partial charge is 0.309 e. The minimum absolute atomic E-state index is 0.384. The van der Waals surface area contributed by atoms with Gasteiger partial charge in [0.15, 0.2) is 0 Å². The van der Waals surface area contributed by atoms with Crippen molar-refractivity contribution in [3.63, 3.8) is 0 Å². The van der Waals surface area contributed by atoms with Crippen LogP contribution in [0.2, 0.25) is 0 Å². The Balaban J connectivity index is 2.21. The van der Waals surface area contributed by atoms with Crippen LogP contribution in [0.3, 0.4) is 0 Å².